The summed E-state index contributed by atoms with van der Waals surface area (Å²) in [6, 6.07) is 7.93. The average Bonchev–Trinajstić information content (AvgIpc) is 2.68. The van der Waals surface area contributed by atoms with Gasteiger partial charge in [-0.25, -0.2) is 0 Å². The Balaban J connectivity index is 2.09. The third-order valence-corrected chi connectivity index (χ3v) is 3.56. The molecule has 1 aliphatic rings. The summed E-state index contributed by atoms with van der Waals surface area (Å²) in [4.78, 5) is 7.52. The molecule has 3 heterocycles. The molecule has 20 heavy (non-hydrogen) atoms. The number of nitrogens with one attached hydrogen (secondary N) is 2. The molecule has 0 saturated heterocycles. The molecule has 3 aromatic rings. The van der Waals surface area contributed by atoms with E-state index in [9.17, 15) is 0 Å². The van der Waals surface area contributed by atoms with E-state index in [-0.39, 0.29) is 0 Å². The van der Waals surface area contributed by atoms with Gasteiger partial charge in [0, 0.05) is 40.1 Å². The van der Waals surface area contributed by atoms with Crippen molar-refractivity contribution in [3.05, 3.63) is 47.8 Å². The van der Waals surface area contributed by atoms with E-state index in [1.54, 1.807) is 12.4 Å². The minimum Gasteiger partial charge on any atom is -0.399 e. The number of rotatable bonds is 1. The number of hydrogen-bond donors (Lipinski definition) is 3. The number of anilines is 1. The molecule has 0 bridgehead atoms. The van der Waals surface area contributed by atoms with Crippen LogP contribution in [-0.2, 0) is 6.54 Å². The number of aromatic amines is 1. The molecule has 4 N–H and O–H groups in total. The summed E-state index contributed by atoms with van der Waals surface area (Å²) < 4.78 is 0. The molecule has 0 saturated carbocycles. The number of hydrazone groups is 1. The Morgan fingerprint density at radius 3 is 2.85 bits per heavy atom. The van der Waals surface area contributed by atoms with Gasteiger partial charge in [0.15, 0.2) is 0 Å². The number of hydrogen-bond acceptors (Lipinski definition) is 4. The van der Waals surface area contributed by atoms with Gasteiger partial charge >= 0.3 is 0 Å². The second-order valence-electron chi connectivity index (χ2n) is 4.85. The molecular weight excluding hydrogens is 250 g/mol. The van der Waals surface area contributed by atoms with Crippen molar-refractivity contribution >= 4 is 22.8 Å². The van der Waals surface area contributed by atoms with E-state index in [0.29, 0.717) is 6.54 Å². The number of H-pyrrole nitrogens is 1. The Labute approximate surface area is 115 Å². The topological polar surface area (TPSA) is 79.1 Å². The van der Waals surface area contributed by atoms with Crippen LogP contribution in [-0.4, -0.2) is 16.2 Å². The number of benzene rings is 1. The predicted molar refractivity (Wildman–Crippen MR) is 80.4 cm³/mol. The summed E-state index contributed by atoms with van der Waals surface area (Å²) in [6.45, 7) is 0.679. The summed E-state index contributed by atoms with van der Waals surface area (Å²) >= 11 is 0. The Morgan fingerprint density at radius 1 is 1.15 bits per heavy atom. The lowest BCUT2D eigenvalue weighted by atomic mass is 10.0. The van der Waals surface area contributed by atoms with Gasteiger partial charge in [-0.1, -0.05) is 0 Å². The van der Waals surface area contributed by atoms with Gasteiger partial charge in [0.2, 0.25) is 0 Å². The van der Waals surface area contributed by atoms with Gasteiger partial charge < -0.3 is 16.1 Å². The van der Waals surface area contributed by atoms with Gasteiger partial charge in [-0.2, -0.15) is 5.10 Å². The van der Waals surface area contributed by atoms with E-state index in [1.807, 2.05) is 30.5 Å². The molecular formula is C15H13N5. The smallest absolute Gasteiger partial charge is 0.0587 e. The van der Waals surface area contributed by atoms with Gasteiger partial charge in [-0.15, -0.1) is 0 Å². The molecule has 0 atom stereocenters. The fourth-order valence-corrected chi connectivity index (χ4v) is 2.73. The van der Waals surface area contributed by atoms with Crippen LogP contribution >= 0.6 is 0 Å². The molecule has 5 nitrogen and oxygen atoms in total. The normalized spacial score (nSPS) is 13.2. The quantitative estimate of drug-likeness (QED) is 0.589. The largest absolute Gasteiger partial charge is 0.399 e. The molecule has 0 aliphatic carbocycles. The predicted octanol–water partition coefficient (Wildman–Crippen LogP) is 2.25. The van der Waals surface area contributed by atoms with E-state index >= 15 is 0 Å². The molecule has 0 radical (unpaired) electrons. The molecule has 98 valence electrons. The molecule has 1 aliphatic heterocycles. The first-order valence-electron chi connectivity index (χ1n) is 6.43. The fourth-order valence-electron chi connectivity index (χ4n) is 2.73. The van der Waals surface area contributed by atoms with Crippen LogP contribution in [0.4, 0.5) is 5.69 Å². The molecule has 0 amide bonds. The van der Waals surface area contributed by atoms with E-state index in [4.69, 9.17) is 5.73 Å². The van der Waals surface area contributed by atoms with Crippen molar-refractivity contribution in [2.24, 2.45) is 5.10 Å². The van der Waals surface area contributed by atoms with Gasteiger partial charge in [0.05, 0.1) is 18.5 Å². The first-order chi connectivity index (χ1) is 9.83. The number of nitrogens with zero attached hydrogens (tertiary/aromatic N) is 2. The zero-order chi connectivity index (χ0) is 13.5. The summed E-state index contributed by atoms with van der Waals surface area (Å²) in [5.74, 6) is 0. The van der Waals surface area contributed by atoms with Crippen LogP contribution < -0.4 is 11.2 Å². The molecule has 4 rings (SSSR count). The molecule has 1 aromatic carbocycles. The van der Waals surface area contributed by atoms with Gasteiger partial charge in [0.1, 0.15) is 0 Å². The minimum absolute atomic E-state index is 0.679. The van der Waals surface area contributed by atoms with Crippen molar-refractivity contribution in [1.82, 2.24) is 15.4 Å². The summed E-state index contributed by atoms with van der Waals surface area (Å²) in [5, 5.41) is 5.43. The maximum Gasteiger partial charge on any atom is 0.0587 e. The highest BCUT2D eigenvalue weighted by Gasteiger charge is 2.17. The Morgan fingerprint density at radius 2 is 2.00 bits per heavy atom. The van der Waals surface area contributed by atoms with Crippen LogP contribution in [0.3, 0.4) is 0 Å². The van der Waals surface area contributed by atoms with Crippen LogP contribution in [0.25, 0.3) is 22.2 Å². The highest BCUT2D eigenvalue weighted by Crippen LogP contribution is 2.33. The van der Waals surface area contributed by atoms with Crippen molar-refractivity contribution < 1.29 is 0 Å². The van der Waals surface area contributed by atoms with Crippen LogP contribution in [0, 0.1) is 0 Å². The standard InChI is InChI=1S/C15H13N5/c16-11-5-10-7-18-19-8-12-14(10)13(6-11)20-15(12)9-1-3-17-4-2-9/h1-6,8,18,20H,7,16H2. The summed E-state index contributed by atoms with van der Waals surface area (Å²) in [6.07, 6.45) is 5.44. The third kappa shape index (κ3) is 1.56. The van der Waals surface area contributed by atoms with E-state index in [2.05, 4.69) is 20.5 Å². The number of nitrogen functional groups attached to an aromatic ring is 1. The highest BCUT2D eigenvalue weighted by atomic mass is 15.3. The fraction of sp³-hybridized carbons (Fsp3) is 0.0667. The highest BCUT2D eigenvalue weighted by molar-refractivity contribution is 6.08. The first-order valence-corrected chi connectivity index (χ1v) is 6.43. The lowest BCUT2D eigenvalue weighted by molar-refractivity contribution is 0.756. The zero-order valence-electron chi connectivity index (χ0n) is 10.7. The zero-order valence-corrected chi connectivity index (χ0v) is 10.7. The summed E-state index contributed by atoms with van der Waals surface area (Å²) in [7, 11) is 0. The molecule has 0 unspecified atom stereocenters. The van der Waals surface area contributed by atoms with Crippen LogP contribution in [0.2, 0.25) is 0 Å². The molecule has 0 fully saturated rings. The van der Waals surface area contributed by atoms with Crippen molar-refractivity contribution in [2.45, 2.75) is 6.54 Å². The summed E-state index contributed by atoms with van der Waals surface area (Å²) in [5.41, 5.74) is 15.2. The van der Waals surface area contributed by atoms with Crippen molar-refractivity contribution in [1.29, 1.82) is 0 Å². The van der Waals surface area contributed by atoms with Gasteiger partial charge in [0.25, 0.3) is 0 Å². The maximum atomic E-state index is 5.97. The van der Waals surface area contributed by atoms with E-state index in [0.717, 1.165) is 33.6 Å². The Bertz CT molecular complexity index is 817. The Hall–Kier alpha value is -2.82. The lowest BCUT2D eigenvalue weighted by Crippen LogP contribution is -2.03. The van der Waals surface area contributed by atoms with Crippen molar-refractivity contribution in [3.8, 4) is 11.3 Å². The van der Waals surface area contributed by atoms with Crippen LogP contribution in [0.5, 0.6) is 0 Å². The van der Waals surface area contributed by atoms with Crippen LogP contribution in [0.15, 0.2) is 41.8 Å². The lowest BCUT2D eigenvalue weighted by Gasteiger charge is -2.03. The van der Waals surface area contributed by atoms with Crippen molar-refractivity contribution in [3.63, 3.8) is 0 Å². The van der Waals surface area contributed by atoms with E-state index < -0.39 is 0 Å². The average molecular weight is 263 g/mol. The first kappa shape index (κ1) is 11.0. The van der Waals surface area contributed by atoms with Crippen molar-refractivity contribution in [2.75, 3.05) is 5.73 Å². The third-order valence-electron chi connectivity index (χ3n) is 3.56. The molecule has 5 heteroatoms. The second kappa shape index (κ2) is 4.09. The Kier molecular flexibility index (Phi) is 2.26. The van der Waals surface area contributed by atoms with Crippen LogP contribution in [0.1, 0.15) is 11.1 Å². The number of nitrogens with two attached hydrogens (primary N) is 1. The van der Waals surface area contributed by atoms with Gasteiger partial charge in [-0.05, 0) is 29.8 Å². The molecule has 2 aromatic heterocycles. The SMILES string of the molecule is Nc1cc2c3c(c(-c4ccncc4)[nH]c3c1)C=NNC2. The minimum atomic E-state index is 0.679. The molecule has 0 spiro atoms. The number of aromatic nitrogens is 2. The van der Waals surface area contributed by atoms with E-state index in [1.165, 1.54) is 5.39 Å². The second-order valence-corrected chi connectivity index (χ2v) is 4.85. The monoisotopic (exact) mass is 263 g/mol. The number of pyridine rings is 1. The maximum absolute atomic E-state index is 5.97. The van der Waals surface area contributed by atoms with Gasteiger partial charge in [-0.3, -0.25) is 4.98 Å².